The van der Waals surface area contributed by atoms with Crippen molar-refractivity contribution >= 4 is 40.7 Å². The molecule has 2 aromatic carbocycles. The molecular weight excluding hydrogens is 417 g/mol. The van der Waals surface area contributed by atoms with Crippen molar-refractivity contribution in [3.05, 3.63) is 42.5 Å². The lowest BCUT2D eigenvalue weighted by Crippen LogP contribution is -2.45. The predicted molar refractivity (Wildman–Crippen MR) is 111 cm³/mol. The van der Waals surface area contributed by atoms with Crippen LogP contribution in [0.25, 0.3) is 10.8 Å². The SMILES string of the molecule is CN=C(NCCOc1cccc2ccccc12)NC(C)COC.I. The van der Waals surface area contributed by atoms with E-state index in [0.717, 1.165) is 17.1 Å². The number of hydrogen-bond donors (Lipinski definition) is 2. The van der Waals surface area contributed by atoms with E-state index in [9.17, 15) is 0 Å². The average Bonchev–Trinajstić information content (AvgIpc) is 2.58. The van der Waals surface area contributed by atoms with E-state index < -0.39 is 0 Å². The van der Waals surface area contributed by atoms with Gasteiger partial charge in [-0.2, -0.15) is 0 Å². The van der Waals surface area contributed by atoms with E-state index in [1.54, 1.807) is 14.2 Å². The molecule has 6 heteroatoms. The summed E-state index contributed by atoms with van der Waals surface area (Å²) in [6, 6.07) is 14.5. The summed E-state index contributed by atoms with van der Waals surface area (Å²) < 4.78 is 11.0. The van der Waals surface area contributed by atoms with E-state index in [1.165, 1.54) is 5.39 Å². The largest absolute Gasteiger partial charge is 0.491 e. The van der Waals surface area contributed by atoms with Crippen molar-refractivity contribution in [1.82, 2.24) is 10.6 Å². The van der Waals surface area contributed by atoms with Crippen LogP contribution < -0.4 is 15.4 Å². The van der Waals surface area contributed by atoms with Gasteiger partial charge in [0, 0.05) is 25.6 Å². The molecule has 132 valence electrons. The van der Waals surface area contributed by atoms with E-state index in [1.807, 2.05) is 31.2 Å². The first-order chi connectivity index (χ1) is 11.2. The van der Waals surface area contributed by atoms with Crippen LogP contribution in [0.3, 0.4) is 0 Å². The van der Waals surface area contributed by atoms with Crippen LogP contribution >= 0.6 is 24.0 Å². The number of ether oxygens (including phenoxy) is 2. The van der Waals surface area contributed by atoms with Crippen molar-refractivity contribution in [1.29, 1.82) is 0 Å². The molecule has 0 radical (unpaired) electrons. The van der Waals surface area contributed by atoms with Gasteiger partial charge >= 0.3 is 0 Å². The Balaban J connectivity index is 0.00000288. The summed E-state index contributed by atoms with van der Waals surface area (Å²) in [6.45, 7) is 3.91. The third kappa shape index (κ3) is 6.16. The number of nitrogens with zero attached hydrogens (tertiary/aromatic N) is 1. The molecule has 24 heavy (non-hydrogen) atoms. The molecule has 5 nitrogen and oxygen atoms in total. The van der Waals surface area contributed by atoms with Gasteiger partial charge in [0.15, 0.2) is 5.96 Å². The zero-order valence-corrected chi connectivity index (χ0v) is 16.7. The summed E-state index contributed by atoms with van der Waals surface area (Å²) in [4.78, 5) is 4.19. The quantitative estimate of drug-likeness (QED) is 0.299. The Labute approximate surface area is 160 Å². The lowest BCUT2D eigenvalue weighted by atomic mass is 10.1. The first kappa shape index (κ1) is 20.5. The number of nitrogens with one attached hydrogen (secondary N) is 2. The van der Waals surface area contributed by atoms with Gasteiger partial charge in [0.05, 0.1) is 13.2 Å². The van der Waals surface area contributed by atoms with Gasteiger partial charge in [0.25, 0.3) is 0 Å². The molecule has 0 aliphatic carbocycles. The molecule has 0 saturated carbocycles. The minimum absolute atomic E-state index is 0. The topological polar surface area (TPSA) is 54.9 Å². The molecule has 0 amide bonds. The molecule has 0 saturated heterocycles. The van der Waals surface area contributed by atoms with Crippen molar-refractivity contribution in [2.75, 3.05) is 33.9 Å². The number of fused-ring (bicyclic) bond motifs is 1. The molecule has 2 rings (SSSR count). The summed E-state index contributed by atoms with van der Waals surface area (Å²) in [5.41, 5.74) is 0. The Morgan fingerprint density at radius 1 is 1.17 bits per heavy atom. The summed E-state index contributed by atoms with van der Waals surface area (Å²) in [5, 5.41) is 8.80. The van der Waals surface area contributed by atoms with E-state index in [-0.39, 0.29) is 30.0 Å². The van der Waals surface area contributed by atoms with Gasteiger partial charge in [-0.05, 0) is 18.4 Å². The Hall–Kier alpha value is -1.54. The monoisotopic (exact) mass is 443 g/mol. The second-order valence-corrected chi connectivity index (χ2v) is 5.33. The van der Waals surface area contributed by atoms with E-state index >= 15 is 0 Å². The Morgan fingerprint density at radius 3 is 2.67 bits per heavy atom. The predicted octanol–water partition coefficient (Wildman–Crippen LogP) is 3.04. The normalized spacial score (nSPS) is 12.4. The van der Waals surface area contributed by atoms with Crippen LogP contribution in [0.4, 0.5) is 0 Å². The highest BCUT2D eigenvalue weighted by atomic mass is 127. The maximum Gasteiger partial charge on any atom is 0.191 e. The van der Waals surface area contributed by atoms with Crippen LogP contribution in [0.1, 0.15) is 6.92 Å². The molecular formula is C18H26IN3O2. The lowest BCUT2D eigenvalue weighted by Gasteiger charge is -2.17. The number of guanidine groups is 1. The molecule has 0 aromatic heterocycles. The van der Waals surface area contributed by atoms with Gasteiger partial charge in [-0.1, -0.05) is 36.4 Å². The third-order valence-electron chi connectivity index (χ3n) is 3.43. The summed E-state index contributed by atoms with van der Waals surface area (Å²) in [5.74, 6) is 1.65. The molecule has 1 atom stereocenters. The van der Waals surface area contributed by atoms with Crippen molar-refractivity contribution in [2.24, 2.45) is 4.99 Å². The fraction of sp³-hybridized carbons (Fsp3) is 0.389. The van der Waals surface area contributed by atoms with Crippen LogP contribution in [-0.4, -0.2) is 45.9 Å². The maximum absolute atomic E-state index is 5.90. The second kappa shape index (κ2) is 11.1. The number of aliphatic imine (C=N–C) groups is 1. The molecule has 0 aliphatic heterocycles. The Morgan fingerprint density at radius 2 is 1.92 bits per heavy atom. The molecule has 0 spiro atoms. The van der Waals surface area contributed by atoms with Crippen molar-refractivity contribution in [3.8, 4) is 5.75 Å². The standard InChI is InChI=1S/C18H25N3O2.HI/c1-14(13-22-3)21-18(19-2)20-11-12-23-17-10-6-8-15-7-4-5-9-16(15)17;/h4-10,14H,11-13H2,1-3H3,(H2,19,20,21);1H. The highest BCUT2D eigenvalue weighted by molar-refractivity contribution is 14.0. The van der Waals surface area contributed by atoms with Crippen molar-refractivity contribution < 1.29 is 9.47 Å². The number of methoxy groups -OCH3 is 1. The highest BCUT2D eigenvalue weighted by Gasteiger charge is 2.05. The summed E-state index contributed by atoms with van der Waals surface area (Å²) in [7, 11) is 3.44. The van der Waals surface area contributed by atoms with Gasteiger partial charge in [-0.25, -0.2) is 0 Å². The molecule has 2 aromatic rings. The first-order valence-electron chi connectivity index (χ1n) is 7.81. The lowest BCUT2D eigenvalue weighted by molar-refractivity contribution is 0.179. The number of halogens is 1. The fourth-order valence-corrected chi connectivity index (χ4v) is 2.37. The Kier molecular flexibility index (Phi) is 9.48. The Bertz CT molecular complexity index is 644. The van der Waals surface area contributed by atoms with Crippen LogP contribution in [-0.2, 0) is 4.74 Å². The maximum atomic E-state index is 5.90. The first-order valence-corrected chi connectivity index (χ1v) is 7.81. The fourth-order valence-electron chi connectivity index (χ4n) is 2.37. The number of rotatable bonds is 7. The molecule has 0 fully saturated rings. The van der Waals surface area contributed by atoms with Crippen LogP contribution in [0.2, 0.25) is 0 Å². The van der Waals surface area contributed by atoms with Gasteiger partial charge in [0.1, 0.15) is 12.4 Å². The van der Waals surface area contributed by atoms with Gasteiger partial charge in [-0.3, -0.25) is 4.99 Å². The molecule has 0 aliphatic rings. The van der Waals surface area contributed by atoms with E-state index in [0.29, 0.717) is 19.8 Å². The highest BCUT2D eigenvalue weighted by Crippen LogP contribution is 2.24. The number of benzene rings is 2. The van der Waals surface area contributed by atoms with Crippen molar-refractivity contribution in [3.63, 3.8) is 0 Å². The molecule has 1 unspecified atom stereocenters. The van der Waals surface area contributed by atoms with Crippen LogP contribution in [0, 0.1) is 0 Å². The van der Waals surface area contributed by atoms with Crippen molar-refractivity contribution in [2.45, 2.75) is 13.0 Å². The van der Waals surface area contributed by atoms with Gasteiger partial charge in [0.2, 0.25) is 0 Å². The molecule has 2 N–H and O–H groups in total. The van der Waals surface area contributed by atoms with E-state index in [2.05, 4.69) is 33.8 Å². The summed E-state index contributed by atoms with van der Waals surface area (Å²) >= 11 is 0. The zero-order chi connectivity index (χ0) is 16.5. The van der Waals surface area contributed by atoms with Crippen LogP contribution in [0.5, 0.6) is 5.75 Å². The number of hydrogen-bond acceptors (Lipinski definition) is 3. The molecule has 0 bridgehead atoms. The van der Waals surface area contributed by atoms with Gasteiger partial charge < -0.3 is 20.1 Å². The zero-order valence-electron chi connectivity index (χ0n) is 14.4. The second-order valence-electron chi connectivity index (χ2n) is 5.33. The summed E-state index contributed by atoms with van der Waals surface area (Å²) in [6.07, 6.45) is 0. The molecule has 0 heterocycles. The average molecular weight is 443 g/mol. The minimum atomic E-state index is 0. The third-order valence-corrected chi connectivity index (χ3v) is 3.43. The van der Waals surface area contributed by atoms with E-state index in [4.69, 9.17) is 9.47 Å². The smallest absolute Gasteiger partial charge is 0.191 e. The minimum Gasteiger partial charge on any atom is -0.491 e. The van der Waals surface area contributed by atoms with Crippen LogP contribution in [0.15, 0.2) is 47.5 Å². The van der Waals surface area contributed by atoms with Gasteiger partial charge in [-0.15, -0.1) is 24.0 Å².